The predicted molar refractivity (Wildman–Crippen MR) is 53.6 cm³/mol. The van der Waals surface area contributed by atoms with E-state index in [4.69, 9.17) is 16.3 Å². The van der Waals surface area contributed by atoms with Crippen molar-refractivity contribution in [3.63, 3.8) is 0 Å². The summed E-state index contributed by atoms with van der Waals surface area (Å²) in [5.41, 5.74) is 0.600. The van der Waals surface area contributed by atoms with Crippen molar-refractivity contribution in [2.45, 2.75) is 13.0 Å². The molecule has 1 atom stereocenters. The Kier molecular flexibility index (Phi) is 2.36. The normalized spacial score (nSPS) is 18.3. The number of halogens is 1. The minimum absolute atomic E-state index is 0.287. The Hall–Kier alpha value is -1.55. The summed E-state index contributed by atoms with van der Waals surface area (Å²) in [5, 5.41) is 3.01. The van der Waals surface area contributed by atoms with Crippen molar-refractivity contribution in [1.82, 2.24) is 5.32 Å². The number of benzene rings is 1. The first-order chi connectivity index (χ1) is 7.08. The molecule has 78 valence electrons. The van der Waals surface area contributed by atoms with Gasteiger partial charge < -0.3 is 10.1 Å². The van der Waals surface area contributed by atoms with E-state index in [0.29, 0.717) is 16.3 Å². The Bertz CT molecular complexity index is 444. The van der Waals surface area contributed by atoms with Crippen LogP contribution in [0.25, 0.3) is 0 Å². The second kappa shape index (κ2) is 3.55. The summed E-state index contributed by atoms with van der Waals surface area (Å²) in [6, 6.07) is 4.11. The molecule has 1 unspecified atom stereocenters. The van der Waals surface area contributed by atoms with Gasteiger partial charge in [-0.05, 0) is 18.2 Å². The second-order valence-electron chi connectivity index (χ2n) is 3.24. The molecule has 1 aromatic rings. The highest BCUT2D eigenvalue weighted by Gasteiger charge is 2.33. The van der Waals surface area contributed by atoms with E-state index in [0.717, 1.165) is 0 Å². The van der Waals surface area contributed by atoms with Crippen molar-refractivity contribution in [3.05, 3.63) is 28.8 Å². The monoisotopic (exact) mass is 225 g/mol. The van der Waals surface area contributed by atoms with Crippen molar-refractivity contribution >= 4 is 23.5 Å². The zero-order valence-corrected chi connectivity index (χ0v) is 8.67. The van der Waals surface area contributed by atoms with Gasteiger partial charge in [-0.25, -0.2) is 4.79 Å². The van der Waals surface area contributed by atoms with E-state index in [1.54, 1.807) is 18.2 Å². The van der Waals surface area contributed by atoms with Gasteiger partial charge in [0.15, 0.2) is 6.04 Å². The number of ether oxygens (including phenoxy) is 1. The lowest BCUT2D eigenvalue weighted by Crippen LogP contribution is -2.30. The Balaban J connectivity index is 2.39. The Morgan fingerprint density at radius 3 is 2.93 bits per heavy atom. The van der Waals surface area contributed by atoms with Gasteiger partial charge in [0.1, 0.15) is 5.75 Å². The van der Waals surface area contributed by atoms with Crippen molar-refractivity contribution in [2.75, 3.05) is 0 Å². The van der Waals surface area contributed by atoms with Crippen molar-refractivity contribution in [3.8, 4) is 5.75 Å². The average molecular weight is 226 g/mol. The van der Waals surface area contributed by atoms with E-state index in [1.807, 2.05) is 0 Å². The van der Waals surface area contributed by atoms with E-state index in [9.17, 15) is 9.59 Å². The highest BCUT2D eigenvalue weighted by atomic mass is 35.5. The third-order valence-corrected chi connectivity index (χ3v) is 2.31. The lowest BCUT2D eigenvalue weighted by atomic mass is 10.1. The maximum atomic E-state index is 11.4. The molecule has 1 heterocycles. The number of carbonyl (C=O) groups excluding carboxylic acids is 2. The first-order valence-corrected chi connectivity index (χ1v) is 4.74. The number of esters is 1. The molecule has 0 aliphatic carbocycles. The Labute approximate surface area is 91.2 Å². The van der Waals surface area contributed by atoms with Gasteiger partial charge in [-0.15, -0.1) is 0 Å². The molecule has 1 aliphatic heterocycles. The van der Waals surface area contributed by atoms with Crippen molar-refractivity contribution in [1.29, 1.82) is 0 Å². The van der Waals surface area contributed by atoms with Crippen LogP contribution in [0, 0.1) is 0 Å². The van der Waals surface area contributed by atoms with Crippen LogP contribution in [-0.4, -0.2) is 11.9 Å². The van der Waals surface area contributed by atoms with Crippen LogP contribution >= 0.6 is 11.6 Å². The van der Waals surface area contributed by atoms with Crippen molar-refractivity contribution < 1.29 is 14.3 Å². The number of hydrogen-bond acceptors (Lipinski definition) is 3. The van der Waals surface area contributed by atoms with Crippen molar-refractivity contribution in [2.24, 2.45) is 0 Å². The summed E-state index contributed by atoms with van der Waals surface area (Å²) in [5.74, 6) is -0.324. The molecule has 0 bridgehead atoms. The topological polar surface area (TPSA) is 55.4 Å². The molecule has 1 aromatic carbocycles. The van der Waals surface area contributed by atoms with E-state index >= 15 is 0 Å². The zero-order valence-electron chi connectivity index (χ0n) is 7.91. The molecule has 5 heteroatoms. The van der Waals surface area contributed by atoms with Gasteiger partial charge in [0, 0.05) is 17.5 Å². The van der Waals surface area contributed by atoms with Crippen LogP contribution < -0.4 is 10.1 Å². The Morgan fingerprint density at radius 1 is 1.53 bits per heavy atom. The summed E-state index contributed by atoms with van der Waals surface area (Å²) in [6.07, 6.45) is 0. The molecule has 1 N–H and O–H groups in total. The van der Waals surface area contributed by atoms with Gasteiger partial charge in [-0.3, -0.25) is 4.79 Å². The van der Waals surface area contributed by atoms with Crippen LogP contribution in [0.4, 0.5) is 0 Å². The van der Waals surface area contributed by atoms with Gasteiger partial charge in [0.2, 0.25) is 5.91 Å². The molecule has 0 saturated carbocycles. The lowest BCUT2D eigenvalue weighted by Gasteiger charge is -2.07. The Morgan fingerprint density at radius 2 is 2.27 bits per heavy atom. The number of carbonyl (C=O) groups is 2. The predicted octanol–water partition coefficient (Wildman–Crippen LogP) is 1.44. The van der Waals surface area contributed by atoms with E-state index < -0.39 is 12.0 Å². The number of amides is 1. The molecule has 0 aromatic heterocycles. The van der Waals surface area contributed by atoms with Crippen LogP contribution in [0.15, 0.2) is 18.2 Å². The maximum absolute atomic E-state index is 11.4. The van der Waals surface area contributed by atoms with Crippen LogP contribution in [0.2, 0.25) is 5.02 Å². The molecule has 1 aliphatic rings. The fourth-order valence-electron chi connectivity index (χ4n) is 1.47. The van der Waals surface area contributed by atoms with Crippen LogP contribution in [0.1, 0.15) is 18.5 Å². The van der Waals surface area contributed by atoms with Gasteiger partial charge in [0.25, 0.3) is 0 Å². The summed E-state index contributed by atoms with van der Waals surface area (Å²) < 4.78 is 4.96. The number of rotatable bonds is 1. The van der Waals surface area contributed by atoms with E-state index in [1.165, 1.54) is 6.92 Å². The van der Waals surface area contributed by atoms with Crippen LogP contribution in [-0.2, 0) is 9.59 Å². The summed E-state index contributed by atoms with van der Waals surface area (Å²) >= 11 is 5.79. The van der Waals surface area contributed by atoms with Gasteiger partial charge >= 0.3 is 5.97 Å². The summed E-state index contributed by atoms with van der Waals surface area (Å²) in [7, 11) is 0. The SMILES string of the molecule is CC(=O)NC1C(=O)Oc2ccc(Cl)cc21. The standard InChI is InChI=1S/C10H8ClNO3/c1-5(13)12-9-7-4-6(11)2-3-8(7)15-10(9)14/h2-4,9H,1H3,(H,12,13). The first kappa shape index (κ1) is 9.98. The molecule has 15 heavy (non-hydrogen) atoms. The molecule has 1 amide bonds. The minimum atomic E-state index is -0.740. The first-order valence-electron chi connectivity index (χ1n) is 4.36. The molecule has 0 saturated heterocycles. The number of nitrogens with one attached hydrogen (secondary N) is 1. The quantitative estimate of drug-likeness (QED) is 0.581. The van der Waals surface area contributed by atoms with E-state index in [-0.39, 0.29) is 5.91 Å². The summed E-state index contributed by atoms with van der Waals surface area (Å²) in [4.78, 5) is 22.3. The third-order valence-electron chi connectivity index (χ3n) is 2.08. The maximum Gasteiger partial charge on any atom is 0.338 e. The van der Waals surface area contributed by atoms with E-state index in [2.05, 4.69) is 5.32 Å². The molecule has 2 rings (SSSR count). The highest BCUT2D eigenvalue weighted by Crippen LogP contribution is 2.34. The molecule has 4 nitrogen and oxygen atoms in total. The number of fused-ring (bicyclic) bond motifs is 1. The zero-order chi connectivity index (χ0) is 11.0. The van der Waals surface area contributed by atoms with Crippen LogP contribution in [0.5, 0.6) is 5.75 Å². The van der Waals surface area contributed by atoms with Gasteiger partial charge in [0.05, 0.1) is 0 Å². The van der Waals surface area contributed by atoms with Gasteiger partial charge in [-0.2, -0.15) is 0 Å². The molecule has 0 fully saturated rings. The fourth-order valence-corrected chi connectivity index (χ4v) is 1.65. The van der Waals surface area contributed by atoms with Gasteiger partial charge in [-0.1, -0.05) is 11.6 Å². The molecule has 0 spiro atoms. The lowest BCUT2D eigenvalue weighted by molar-refractivity contribution is -0.137. The second-order valence-corrected chi connectivity index (χ2v) is 3.67. The molecular weight excluding hydrogens is 218 g/mol. The van der Waals surface area contributed by atoms with Crippen LogP contribution in [0.3, 0.4) is 0 Å². The molecular formula is C10H8ClNO3. The average Bonchev–Trinajstić information content (AvgIpc) is 2.43. The highest BCUT2D eigenvalue weighted by molar-refractivity contribution is 6.30. The number of hydrogen-bond donors (Lipinski definition) is 1. The third kappa shape index (κ3) is 1.80. The minimum Gasteiger partial charge on any atom is -0.424 e. The summed E-state index contributed by atoms with van der Waals surface area (Å²) in [6.45, 7) is 1.34. The smallest absolute Gasteiger partial charge is 0.338 e. The largest absolute Gasteiger partial charge is 0.424 e. The fraction of sp³-hybridized carbons (Fsp3) is 0.200. The molecule has 0 radical (unpaired) electrons.